The van der Waals surface area contributed by atoms with Crippen molar-refractivity contribution in [3.8, 4) is 11.4 Å². The van der Waals surface area contributed by atoms with Gasteiger partial charge in [-0.05, 0) is 33.6 Å². The van der Waals surface area contributed by atoms with Crippen LogP contribution in [0.4, 0.5) is 0 Å². The zero-order valence-electron chi connectivity index (χ0n) is 11.4. The predicted molar refractivity (Wildman–Crippen MR) is 84.9 cm³/mol. The number of methoxy groups -OCH3 is 1. The number of rotatable bonds is 3. The molecule has 2 aromatic carbocycles. The summed E-state index contributed by atoms with van der Waals surface area (Å²) < 4.78 is 5.62. The van der Waals surface area contributed by atoms with Gasteiger partial charge in [0.25, 0.3) is 0 Å². The maximum atomic E-state index is 11.2. The molecule has 1 aromatic heterocycles. The summed E-state index contributed by atoms with van der Waals surface area (Å²) in [6.07, 6.45) is 0.280. The number of imidazole rings is 1. The van der Waals surface area contributed by atoms with Crippen LogP contribution in [0.2, 0.25) is 0 Å². The second kappa shape index (κ2) is 5.69. The Kier molecular flexibility index (Phi) is 3.75. The molecule has 0 fully saturated rings. The first-order valence-corrected chi connectivity index (χ1v) is 7.27. The molecule has 0 aliphatic carbocycles. The molecule has 3 rings (SSSR count). The summed E-state index contributed by atoms with van der Waals surface area (Å²) in [6, 6.07) is 13.6. The Morgan fingerprint density at radius 2 is 2.00 bits per heavy atom. The Morgan fingerprint density at radius 3 is 2.67 bits per heavy atom. The van der Waals surface area contributed by atoms with E-state index in [4.69, 9.17) is 0 Å². The number of para-hydroxylation sites is 1. The van der Waals surface area contributed by atoms with Gasteiger partial charge >= 0.3 is 5.97 Å². The fourth-order valence-corrected chi connectivity index (χ4v) is 2.61. The summed E-state index contributed by atoms with van der Waals surface area (Å²) in [5.74, 6) is 0.567. The molecule has 0 radical (unpaired) electrons. The lowest BCUT2D eigenvalue weighted by Gasteiger charge is -2.01. The molecule has 21 heavy (non-hydrogen) atoms. The van der Waals surface area contributed by atoms with E-state index in [9.17, 15) is 4.79 Å². The Labute approximate surface area is 130 Å². The van der Waals surface area contributed by atoms with Gasteiger partial charge in [-0.2, -0.15) is 0 Å². The van der Waals surface area contributed by atoms with Crippen LogP contribution in [-0.4, -0.2) is 23.0 Å². The fraction of sp³-hybridized carbons (Fsp3) is 0.125. The van der Waals surface area contributed by atoms with Crippen LogP contribution in [0.25, 0.3) is 22.4 Å². The molecule has 0 bridgehead atoms. The van der Waals surface area contributed by atoms with E-state index in [1.54, 1.807) is 0 Å². The van der Waals surface area contributed by atoms with Gasteiger partial charge in [-0.15, -0.1) is 0 Å². The first kappa shape index (κ1) is 13.8. The van der Waals surface area contributed by atoms with E-state index in [-0.39, 0.29) is 12.4 Å². The summed E-state index contributed by atoms with van der Waals surface area (Å²) in [4.78, 5) is 19.1. The number of halogens is 1. The first-order valence-electron chi connectivity index (χ1n) is 6.48. The lowest BCUT2D eigenvalue weighted by atomic mass is 10.1. The van der Waals surface area contributed by atoms with Crippen LogP contribution in [0, 0.1) is 0 Å². The number of carbonyl (C=O) groups is 1. The van der Waals surface area contributed by atoms with Crippen molar-refractivity contribution in [2.45, 2.75) is 6.42 Å². The molecule has 5 heteroatoms. The van der Waals surface area contributed by atoms with Crippen molar-refractivity contribution < 1.29 is 9.53 Å². The average molecular weight is 345 g/mol. The minimum Gasteiger partial charge on any atom is -0.469 e. The molecule has 0 amide bonds. The second-order valence-electron chi connectivity index (χ2n) is 4.67. The van der Waals surface area contributed by atoms with Crippen molar-refractivity contribution in [1.82, 2.24) is 9.97 Å². The van der Waals surface area contributed by atoms with E-state index in [2.05, 4.69) is 30.6 Å². The van der Waals surface area contributed by atoms with Crippen molar-refractivity contribution in [1.29, 1.82) is 0 Å². The second-order valence-corrected chi connectivity index (χ2v) is 5.53. The van der Waals surface area contributed by atoms with E-state index in [1.807, 2.05) is 42.5 Å². The smallest absolute Gasteiger partial charge is 0.309 e. The van der Waals surface area contributed by atoms with Crippen LogP contribution in [0.1, 0.15) is 5.56 Å². The number of H-pyrrole nitrogens is 1. The van der Waals surface area contributed by atoms with E-state index in [0.29, 0.717) is 0 Å². The molecule has 0 aliphatic rings. The number of aromatic amines is 1. The molecule has 1 heterocycles. The Bertz CT molecular complexity index is 794. The van der Waals surface area contributed by atoms with Gasteiger partial charge in [-0.1, -0.05) is 30.3 Å². The SMILES string of the molecule is COC(=O)Cc1ccc(-c2nc3c(Br)cccc3[nH]2)cc1. The number of aromatic nitrogens is 2. The molecular weight excluding hydrogens is 332 g/mol. The van der Waals surface area contributed by atoms with Crippen LogP contribution in [0.15, 0.2) is 46.9 Å². The van der Waals surface area contributed by atoms with Gasteiger partial charge in [0.1, 0.15) is 11.3 Å². The number of benzene rings is 2. The van der Waals surface area contributed by atoms with Crippen LogP contribution in [0.3, 0.4) is 0 Å². The predicted octanol–water partition coefficient (Wildman–Crippen LogP) is 3.71. The third kappa shape index (κ3) is 2.83. The minimum atomic E-state index is -0.240. The summed E-state index contributed by atoms with van der Waals surface area (Å²) in [7, 11) is 1.39. The number of carbonyl (C=O) groups excluding carboxylic acids is 1. The molecule has 0 spiro atoms. The summed E-state index contributed by atoms with van der Waals surface area (Å²) in [5.41, 5.74) is 3.79. The number of hydrogen-bond acceptors (Lipinski definition) is 3. The van der Waals surface area contributed by atoms with Crippen LogP contribution in [-0.2, 0) is 16.0 Å². The number of nitrogens with one attached hydrogen (secondary N) is 1. The Hall–Kier alpha value is -2.14. The van der Waals surface area contributed by atoms with Crippen molar-refractivity contribution in [3.63, 3.8) is 0 Å². The van der Waals surface area contributed by atoms with E-state index < -0.39 is 0 Å². The summed E-state index contributed by atoms with van der Waals surface area (Å²) in [6.45, 7) is 0. The van der Waals surface area contributed by atoms with Gasteiger partial charge in [0.05, 0.1) is 19.0 Å². The first-order chi connectivity index (χ1) is 10.2. The summed E-state index contributed by atoms with van der Waals surface area (Å²) in [5, 5.41) is 0. The standard InChI is InChI=1S/C16H13BrN2O2/c1-21-14(20)9-10-5-7-11(8-6-10)16-18-13-4-2-3-12(17)15(13)19-16/h2-8H,9H2,1H3,(H,18,19). The number of ether oxygens (including phenoxy) is 1. The fourth-order valence-electron chi connectivity index (χ4n) is 2.15. The molecule has 0 saturated heterocycles. The van der Waals surface area contributed by atoms with Gasteiger partial charge in [0.15, 0.2) is 0 Å². The molecule has 3 aromatic rings. The van der Waals surface area contributed by atoms with Crippen molar-refractivity contribution in [3.05, 3.63) is 52.5 Å². The number of fused-ring (bicyclic) bond motifs is 1. The largest absolute Gasteiger partial charge is 0.469 e. The van der Waals surface area contributed by atoms with E-state index in [0.717, 1.165) is 32.5 Å². The number of nitrogens with zero attached hydrogens (tertiary/aromatic N) is 1. The van der Waals surface area contributed by atoms with Gasteiger partial charge in [-0.3, -0.25) is 4.79 Å². The van der Waals surface area contributed by atoms with Crippen LogP contribution < -0.4 is 0 Å². The molecule has 106 valence electrons. The minimum absolute atomic E-state index is 0.240. The Balaban J connectivity index is 1.92. The van der Waals surface area contributed by atoms with Gasteiger partial charge in [0, 0.05) is 10.0 Å². The molecule has 0 aliphatic heterocycles. The highest BCUT2D eigenvalue weighted by atomic mass is 79.9. The van der Waals surface area contributed by atoms with E-state index in [1.165, 1.54) is 7.11 Å². The van der Waals surface area contributed by atoms with Crippen molar-refractivity contribution in [2.75, 3.05) is 7.11 Å². The van der Waals surface area contributed by atoms with Gasteiger partial charge in [-0.25, -0.2) is 4.98 Å². The lowest BCUT2D eigenvalue weighted by molar-refractivity contribution is -0.139. The third-order valence-electron chi connectivity index (χ3n) is 3.27. The maximum Gasteiger partial charge on any atom is 0.309 e. The molecule has 4 nitrogen and oxygen atoms in total. The highest BCUT2D eigenvalue weighted by Crippen LogP contribution is 2.26. The molecule has 0 unspecified atom stereocenters. The summed E-state index contributed by atoms with van der Waals surface area (Å²) >= 11 is 3.50. The topological polar surface area (TPSA) is 55.0 Å². The zero-order valence-corrected chi connectivity index (χ0v) is 13.0. The highest BCUT2D eigenvalue weighted by Gasteiger charge is 2.08. The van der Waals surface area contributed by atoms with Gasteiger partial charge in [0.2, 0.25) is 0 Å². The maximum absolute atomic E-state index is 11.2. The monoisotopic (exact) mass is 344 g/mol. The van der Waals surface area contributed by atoms with Gasteiger partial charge < -0.3 is 9.72 Å². The quantitative estimate of drug-likeness (QED) is 0.737. The molecule has 0 atom stereocenters. The highest BCUT2D eigenvalue weighted by molar-refractivity contribution is 9.10. The van der Waals surface area contributed by atoms with Crippen molar-refractivity contribution >= 4 is 32.9 Å². The number of esters is 1. The normalized spacial score (nSPS) is 10.8. The molecular formula is C16H13BrN2O2. The number of hydrogen-bond donors (Lipinski definition) is 1. The average Bonchev–Trinajstić information content (AvgIpc) is 2.93. The van der Waals surface area contributed by atoms with E-state index >= 15 is 0 Å². The third-order valence-corrected chi connectivity index (χ3v) is 3.91. The molecule has 0 saturated carbocycles. The molecule has 1 N–H and O–H groups in total. The van der Waals surface area contributed by atoms with Crippen LogP contribution in [0.5, 0.6) is 0 Å². The Morgan fingerprint density at radius 1 is 1.24 bits per heavy atom. The lowest BCUT2D eigenvalue weighted by Crippen LogP contribution is -2.04. The van der Waals surface area contributed by atoms with Crippen LogP contribution >= 0.6 is 15.9 Å². The zero-order chi connectivity index (χ0) is 14.8. The van der Waals surface area contributed by atoms with Crippen molar-refractivity contribution in [2.24, 2.45) is 0 Å².